The molecule has 1 aliphatic rings. The third kappa shape index (κ3) is 3.76. The summed E-state index contributed by atoms with van der Waals surface area (Å²) in [6.45, 7) is 2.20. The van der Waals surface area contributed by atoms with Crippen molar-refractivity contribution in [3.8, 4) is 0 Å². The van der Waals surface area contributed by atoms with E-state index in [0.717, 1.165) is 19.3 Å². The minimum atomic E-state index is -0.0968. The maximum atomic E-state index is 11.2. The van der Waals surface area contributed by atoms with Crippen LogP contribution < -0.4 is 0 Å². The molecule has 0 N–H and O–H groups in total. The zero-order chi connectivity index (χ0) is 13.5. The highest BCUT2D eigenvalue weighted by Gasteiger charge is 2.29. The monoisotopic (exact) mass is 257 g/mol. The van der Waals surface area contributed by atoms with Crippen LogP contribution in [0.25, 0.3) is 6.08 Å². The Kier molecular flexibility index (Phi) is 5.31. The maximum Gasteiger partial charge on any atom is 0.116 e. The Morgan fingerprint density at radius 1 is 1.32 bits per heavy atom. The zero-order valence-corrected chi connectivity index (χ0v) is 11.7. The van der Waals surface area contributed by atoms with Gasteiger partial charge in [-0.1, -0.05) is 61.4 Å². The molecule has 19 heavy (non-hydrogen) atoms. The summed E-state index contributed by atoms with van der Waals surface area (Å²) in [6.07, 6.45) is 9.08. The zero-order valence-electron chi connectivity index (χ0n) is 11.7. The van der Waals surface area contributed by atoms with Crippen molar-refractivity contribution in [2.75, 3.05) is 0 Å². The number of nitrogens with zero attached hydrogens (tertiary/aromatic N) is 1. The first kappa shape index (κ1) is 14.0. The van der Waals surface area contributed by atoms with Gasteiger partial charge in [0.15, 0.2) is 0 Å². The number of unbranched alkanes of at least 4 members (excludes halogenated alkanes) is 1. The van der Waals surface area contributed by atoms with Gasteiger partial charge in [0.25, 0.3) is 0 Å². The summed E-state index contributed by atoms with van der Waals surface area (Å²) in [6, 6.07) is 10.2. The van der Waals surface area contributed by atoms with Gasteiger partial charge in [0, 0.05) is 0 Å². The molecule has 2 unspecified atom stereocenters. The molecule has 1 aromatic rings. The molecule has 1 saturated carbocycles. The Morgan fingerprint density at radius 2 is 2.11 bits per heavy atom. The first-order chi connectivity index (χ1) is 9.35. The fraction of sp³-hybridized carbons (Fsp3) is 0.529. The van der Waals surface area contributed by atoms with Crippen molar-refractivity contribution >= 4 is 6.08 Å². The van der Waals surface area contributed by atoms with Crippen molar-refractivity contribution in [1.29, 1.82) is 0 Å². The van der Waals surface area contributed by atoms with E-state index < -0.39 is 0 Å². The number of hydrogen-bond donors (Lipinski definition) is 0. The van der Waals surface area contributed by atoms with Gasteiger partial charge in [0.1, 0.15) is 6.04 Å². The molecule has 2 rings (SSSR count). The average Bonchev–Trinajstić information content (AvgIpc) is 2.46. The predicted octanol–water partition coefficient (Wildman–Crippen LogP) is 5.20. The number of rotatable bonds is 5. The van der Waals surface area contributed by atoms with Crippen LogP contribution in [0, 0.1) is 10.8 Å². The van der Waals surface area contributed by atoms with Crippen molar-refractivity contribution in [3.63, 3.8) is 0 Å². The molecule has 2 heteroatoms. The largest absolute Gasteiger partial charge is 0.150 e. The highest BCUT2D eigenvalue weighted by Crippen LogP contribution is 2.35. The quantitative estimate of drug-likeness (QED) is 0.667. The van der Waals surface area contributed by atoms with E-state index in [-0.39, 0.29) is 6.04 Å². The Morgan fingerprint density at radius 3 is 2.79 bits per heavy atom. The lowest BCUT2D eigenvalue weighted by Gasteiger charge is -2.29. The predicted molar refractivity (Wildman–Crippen MR) is 80.9 cm³/mol. The van der Waals surface area contributed by atoms with Gasteiger partial charge in [0.2, 0.25) is 0 Å². The van der Waals surface area contributed by atoms with E-state index in [2.05, 4.69) is 30.3 Å². The SMILES string of the molecule is CCCCC1CCCC(=Cc2ccccc2)C1N=O. The van der Waals surface area contributed by atoms with Crippen LogP contribution in [0.4, 0.5) is 0 Å². The van der Waals surface area contributed by atoms with Crippen molar-refractivity contribution in [3.05, 3.63) is 46.4 Å². The molecule has 0 saturated heterocycles. The molecule has 0 aromatic heterocycles. The third-order valence-corrected chi connectivity index (χ3v) is 4.06. The summed E-state index contributed by atoms with van der Waals surface area (Å²) in [5.74, 6) is 0.459. The van der Waals surface area contributed by atoms with Gasteiger partial charge in [-0.3, -0.25) is 0 Å². The second-order valence-corrected chi connectivity index (χ2v) is 5.47. The fourth-order valence-corrected chi connectivity index (χ4v) is 3.02. The normalized spacial score (nSPS) is 25.4. The molecule has 0 aliphatic heterocycles. The van der Waals surface area contributed by atoms with E-state index in [9.17, 15) is 4.91 Å². The molecular weight excluding hydrogens is 234 g/mol. The minimum absolute atomic E-state index is 0.0968. The molecule has 0 radical (unpaired) electrons. The van der Waals surface area contributed by atoms with E-state index in [0.29, 0.717) is 5.92 Å². The van der Waals surface area contributed by atoms with E-state index >= 15 is 0 Å². The van der Waals surface area contributed by atoms with E-state index in [1.54, 1.807) is 0 Å². The average molecular weight is 257 g/mol. The van der Waals surface area contributed by atoms with Crippen LogP contribution in [0.1, 0.15) is 51.0 Å². The molecule has 102 valence electrons. The highest BCUT2D eigenvalue weighted by molar-refractivity contribution is 5.54. The van der Waals surface area contributed by atoms with E-state index in [4.69, 9.17) is 0 Å². The smallest absolute Gasteiger partial charge is 0.116 e. The molecule has 2 atom stereocenters. The number of hydrogen-bond acceptors (Lipinski definition) is 2. The standard InChI is InChI=1S/C17H23NO/c1-2-3-10-15-11-7-12-16(17(15)18-19)13-14-8-5-4-6-9-14/h4-6,8-9,13,15,17H,2-3,7,10-12H2,1H3. The van der Waals surface area contributed by atoms with Gasteiger partial charge >= 0.3 is 0 Å². The third-order valence-electron chi connectivity index (χ3n) is 4.06. The first-order valence-corrected chi connectivity index (χ1v) is 7.43. The van der Waals surface area contributed by atoms with Crippen LogP contribution in [0.5, 0.6) is 0 Å². The summed E-state index contributed by atoms with van der Waals surface area (Å²) < 4.78 is 0. The number of nitroso groups, excluding NO2 is 1. The maximum absolute atomic E-state index is 11.2. The Labute approximate surface area is 115 Å². The second kappa shape index (κ2) is 7.22. The van der Waals surface area contributed by atoms with E-state index in [1.807, 2.05) is 18.2 Å². The molecule has 0 bridgehead atoms. The molecule has 0 heterocycles. The molecule has 1 aromatic carbocycles. The fourth-order valence-electron chi connectivity index (χ4n) is 3.02. The Hall–Kier alpha value is -1.44. The highest BCUT2D eigenvalue weighted by atomic mass is 16.3. The van der Waals surface area contributed by atoms with Crippen molar-refractivity contribution in [1.82, 2.24) is 0 Å². The van der Waals surface area contributed by atoms with Gasteiger partial charge in [-0.25, -0.2) is 0 Å². The molecule has 2 nitrogen and oxygen atoms in total. The Bertz CT molecular complexity index is 424. The van der Waals surface area contributed by atoms with Crippen LogP contribution in [0.2, 0.25) is 0 Å². The van der Waals surface area contributed by atoms with Gasteiger partial charge < -0.3 is 0 Å². The van der Waals surface area contributed by atoms with Gasteiger partial charge in [0.05, 0.1) is 0 Å². The lowest BCUT2D eigenvalue weighted by atomic mass is 9.78. The lowest BCUT2D eigenvalue weighted by molar-refractivity contribution is 0.342. The van der Waals surface area contributed by atoms with Crippen molar-refractivity contribution in [2.45, 2.75) is 51.5 Å². The first-order valence-electron chi connectivity index (χ1n) is 7.43. The van der Waals surface area contributed by atoms with E-state index in [1.165, 1.54) is 30.4 Å². The van der Waals surface area contributed by atoms with Crippen LogP contribution >= 0.6 is 0 Å². The molecular formula is C17H23NO. The molecule has 1 fully saturated rings. The summed E-state index contributed by atoms with van der Waals surface area (Å²) in [5.41, 5.74) is 2.41. The molecule has 1 aliphatic carbocycles. The minimum Gasteiger partial charge on any atom is -0.150 e. The van der Waals surface area contributed by atoms with Crippen LogP contribution in [-0.2, 0) is 0 Å². The van der Waals surface area contributed by atoms with Crippen LogP contribution in [0.15, 0.2) is 41.1 Å². The Balaban J connectivity index is 2.14. The summed E-state index contributed by atoms with van der Waals surface area (Å²) in [5, 5.41) is 3.44. The van der Waals surface area contributed by atoms with Gasteiger partial charge in [-0.15, -0.1) is 0 Å². The van der Waals surface area contributed by atoms with Crippen molar-refractivity contribution in [2.24, 2.45) is 11.1 Å². The topological polar surface area (TPSA) is 29.4 Å². The van der Waals surface area contributed by atoms with Crippen LogP contribution in [0.3, 0.4) is 0 Å². The summed E-state index contributed by atoms with van der Waals surface area (Å²) in [7, 11) is 0. The summed E-state index contributed by atoms with van der Waals surface area (Å²) in [4.78, 5) is 11.2. The molecule has 0 spiro atoms. The van der Waals surface area contributed by atoms with Crippen LogP contribution in [-0.4, -0.2) is 6.04 Å². The molecule has 0 amide bonds. The van der Waals surface area contributed by atoms with Crippen molar-refractivity contribution < 1.29 is 0 Å². The lowest BCUT2D eigenvalue weighted by Crippen LogP contribution is -2.25. The van der Waals surface area contributed by atoms with Gasteiger partial charge in [-0.05, 0) is 42.7 Å². The second-order valence-electron chi connectivity index (χ2n) is 5.47. The van der Waals surface area contributed by atoms with Gasteiger partial charge in [-0.2, -0.15) is 4.91 Å². The number of benzene rings is 1. The summed E-state index contributed by atoms with van der Waals surface area (Å²) >= 11 is 0.